The fourth-order valence-corrected chi connectivity index (χ4v) is 4.61. The molecule has 0 spiro atoms. The molecule has 0 radical (unpaired) electrons. The van der Waals surface area contributed by atoms with E-state index in [1.165, 1.54) is 0 Å². The molecule has 35 heavy (non-hydrogen) atoms. The number of likely N-dealkylation sites (tertiary alicyclic amines) is 1. The predicted molar refractivity (Wildman–Crippen MR) is 143 cm³/mol. The van der Waals surface area contributed by atoms with Crippen LogP contribution in [0.1, 0.15) is 36.5 Å². The molecule has 1 amide bonds. The molecule has 0 aromatic heterocycles. The maximum Gasteiger partial charge on any atom is 0.260 e. The SMILES string of the molecule is Cc1cc(N)c(C)c(C)c1OC(C)C(=O)NC1CCN(CC(O)Nc2cc(Cl)c(N)cc2Cl)CC1. The smallest absolute Gasteiger partial charge is 0.260 e. The van der Waals surface area contributed by atoms with Gasteiger partial charge >= 0.3 is 0 Å². The number of aliphatic hydroxyl groups is 1. The molecule has 2 unspecified atom stereocenters. The Labute approximate surface area is 216 Å². The summed E-state index contributed by atoms with van der Waals surface area (Å²) in [6.07, 6.45) is 0.0923. The van der Waals surface area contributed by atoms with Crippen LogP contribution in [-0.4, -0.2) is 53.9 Å². The van der Waals surface area contributed by atoms with E-state index in [0.717, 1.165) is 48.3 Å². The third-order valence-electron chi connectivity index (χ3n) is 6.50. The number of β-amino-alcohol motifs (C(OH)–C–C–N with tert-alkyl or cyclic N) is 1. The molecule has 1 heterocycles. The monoisotopic (exact) mass is 523 g/mol. The molecule has 7 N–H and O–H groups in total. The minimum Gasteiger partial charge on any atom is -0.480 e. The van der Waals surface area contributed by atoms with Crippen molar-refractivity contribution in [3.05, 3.63) is 44.9 Å². The number of rotatable bonds is 8. The second-order valence-corrected chi connectivity index (χ2v) is 10.0. The Hall–Kier alpha value is -2.39. The molecule has 1 aliphatic rings. The number of piperidine rings is 1. The van der Waals surface area contributed by atoms with E-state index in [9.17, 15) is 9.90 Å². The fourth-order valence-electron chi connectivity index (χ4n) is 4.22. The van der Waals surface area contributed by atoms with Crippen LogP contribution in [0.3, 0.4) is 0 Å². The highest BCUT2D eigenvalue weighted by Crippen LogP contribution is 2.32. The number of carbonyl (C=O) groups is 1. The maximum atomic E-state index is 12.8. The third-order valence-corrected chi connectivity index (χ3v) is 7.14. The van der Waals surface area contributed by atoms with Gasteiger partial charge < -0.3 is 31.9 Å². The zero-order valence-electron chi connectivity index (χ0n) is 20.6. The summed E-state index contributed by atoms with van der Waals surface area (Å²) in [4.78, 5) is 14.9. The number of nitrogens with two attached hydrogens (primary N) is 2. The summed E-state index contributed by atoms with van der Waals surface area (Å²) in [7, 11) is 0. The van der Waals surface area contributed by atoms with Gasteiger partial charge in [0.05, 0.1) is 21.4 Å². The summed E-state index contributed by atoms with van der Waals surface area (Å²) in [6, 6.07) is 5.07. The van der Waals surface area contributed by atoms with Gasteiger partial charge in [0.1, 0.15) is 12.0 Å². The summed E-state index contributed by atoms with van der Waals surface area (Å²) < 4.78 is 6.02. The van der Waals surface area contributed by atoms with Crippen molar-refractivity contribution < 1.29 is 14.6 Å². The standard InChI is InChI=1S/C25H35Cl2N5O3/c1-13-9-20(28)14(2)15(3)24(13)35-16(4)25(34)30-17-5-7-32(8-6-17)12-23(33)31-22-11-18(26)21(29)10-19(22)27/h9-11,16-17,23,31,33H,5-8,12,28-29H2,1-4H3,(H,30,34). The van der Waals surface area contributed by atoms with Crippen LogP contribution in [0.5, 0.6) is 5.75 Å². The molecule has 3 rings (SSSR count). The topological polar surface area (TPSA) is 126 Å². The first kappa shape index (κ1) is 27.2. The van der Waals surface area contributed by atoms with Crippen molar-refractivity contribution in [3.63, 3.8) is 0 Å². The van der Waals surface area contributed by atoms with Gasteiger partial charge in [-0.2, -0.15) is 0 Å². The lowest BCUT2D eigenvalue weighted by Crippen LogP contribution is -2.49. The molecule has 0 aliphatic carbocycles. The Morgan fingerprint density at radius 2 is 1.77 bits per heavy atom. The molecule has 10 heteroatoms. The van der Waals surface area contributed by atoms with Crippen molar-refractivity contribution in [2.24, 2.45) is 0 Å². The number of benzene rings is 2. The average molecular weight is 524 g/mol. The van der Waals surface area contributed by atoms with Crippen LogP contribution in [0.15, 0.2) is 18.2 Å². The molecule has 1 saturated heterocycles. The average Bonchev–Trinajstić information content (AvgIpc) is 2.80. The van der Waals surface area contributed by atoms with Gasteiger partial charge in [0.2, 0.25) is 0 Å². The van der Waals surface area contributed by atoms with Gasteiger partial charge in [0.15, 0.2) is 6.10 Å². The Morgan fingerprint density at radius 1 is 1.11 bits per heavy atom. The van der Waals surface area contributed by atoms with Crippen LogP contribution in [0.25, 0.3) is 0 Å². The molecule has 8 nitrogen and oxygen atoms in total. The van der Waals surface area contributed by atoms with Crippen LogP contribution >= 0.6 is 23.2 Å². The first-order chi connectivity index (χ1) is 16.5. The molecule has 2 aromatic carbocycles. The number of hydrogen-bond acceptors (Lipinski definition) is 7. The number of nitrogens with one attached hydrogen (secondary N) is 2. The number of nitrogen functional groups attached to an aromatic ring is 2. The predicted octanol–water partition coefficient (Wildman–Crippen LogP) is 3.86. The third kappa shape index (κ3) is 6.85. The molecule has 2 atom stereocenters. The van der Waals surface area contributed by atoms with Crippen molar-refractivity contribution in [1.82, 2.24) is 10.2 Å². The Bertz CT molecular complexity index is 1070. The van der Waals surface area contributed by atoms with E-state index in [0.29, 0.717) is 33.7 Å². The lowest BCUT2D eigenvalue weighted by atomic mass is 10.0. The number of halogens is 2. The van der Waals surface area contributed by atoms with Crippen molar-refractivity contribution in [3.8, 4) is 5.75 Å². The van der Waals surface area contributed by atoms with Gasteiger partial charge in [-0.05, 0) is 75.4 Å². The van der Waals surface area contributed by atoms with Crippen LogP contribution in [-0.2, 0) is 4.79 Å². The molecule has 192 valence electrons. The lowest BCUT2D eigenvalue weighted by Gasteiger charge is -2.34. The van der Waals surface area contributed by atoms with Gasteiger partial charge in [-0.25, -0.2) is 0 Å². The van der Waals surface area contributed by atoms with Crippen LogP contribution in [0.2, 0.25) is 10.0 Å². The van der Waals surface area contributed by atoms with E-state index in [1.807, 2.05) is 26.8 Å². The van der Waals surface area contributed by atoms with Gasteiger partial charge in [0.25, 0.3) is 5.91 Å². The van der Waals surface area contributed by atoms with Gasteiger partial charge in [-0.15, -0.1) is 0 Å². The largest absolute Gasteiger partial charge is 0.480 e. The summed E-state index contributed by atoms with van der Waals surface area (Å²) in [6.45, 7) is 9.47. The quantitative estimate of drug-likeness (QED) is 0.262. The van der Waals surface area contributed by atoms with Crippen molar-refractivity contribution in [2.75, 3.05) is 36.4 Å². The van der Waals surface area contributed by atoms with E-state index >= 15 is 0 Å². The molecular weight excluding hydrogens is 489 g/mol. The van der Waals surface area contributed by atoms with Crippen LogP contribution in [0, 0.1) is 20.8 Å². The second kappa shape index (κ2) is 11.6. The van der Waals surface area contributed by atoms with E-state index in [4.69, 9.17) is 39.4 Å². The molecule has 0 bridgehead atoms. The van der Waals surface area contributed by atoms with E-state index in [1.54, 1.807) is 19.1 Å². The Balaban J connectivity index is 1.46. The molecular formula is C25H35Cl2N5O3. The second-order valence-electron chi connectivity index (χ2n) is 9.22. The number of aryl methyl sites for hydroxylation is 1. The maximum absolute atomic E-state index is 12.8. The number of anilines is 3. The minimum atomic E-state index is -0.832. The van der Waals surface area contributed by atoms with Gasteiger partial charge in [-0.1, -0.05) is 23.2 Å². The molecule has 1 fully saturated rings. The molecule has 1 aliphatic heterocycles. The first-order valence-electron chi connectivity index (χ1n) is 11.7. The van der Waals surface area contributed by atoms with Gasteiger partial charge in [0, 0.05) is 31.4 Å². The number of amides is 1. The Morgan fingerprint density at radius 3 is 2.43 bits per heavy atom. The molecule has 0 saturated carbocycles. The number of ether oxygens (including phenoxy) is 1. The highest BCUT2D eigenvalue weighted by molar-refractivity contribution is 6.37. The van der Waals surface area contributed by atoms with E-state index in [2.05, 4.69) is 15.5 Å². The number of aliphatic hydroxyl groups excluding tert-OH is 1. The normalized spacial score (nSPS) is 16.5. The summed E-state index contributed by atoms with van der Waals surface area (Å²) in [5.74, 6) is 0.562. The highest BCUT2D eigenvalue weighted by Gasteiger charge is 2.25. The van der Waals surface area contributed by atoms with Crippen molar-refractivity contribution >= 4 is 46.2 Å². The van der Waals surface area contributed by atoms with Crippen molar-refractivity contribution in [1.29, 1.82) is 0 Å². The zero-order chi connectivity index (χ0) is 25.9. The first-order valence-corrected chi connectivity index (χ1v) is 12.5. The Kier molecular flexibility index (Phi) is 8.99. The van der Waals surface area contributed by atoms with Crippen molar-refractivity contribution in [2.45, 2.75) is 58.9 Å². The fraction of sp³-hybridized carbons (Fsp3) is 0.480. The number of nitrogens with zero attached hydrogens (tertiary/aromatic N) is 1. The molecule has 2 aromatic rings. The highest BCUT2D eigenvalue weighted by atomic mass is 35.5. The minimum absolute atomic E-state index is 0.0515. The number of carbonyl (C=O) groups excluding carboxylic acids is 1. The number of hydrogen-bond donors (Lipinski definition) is 5. The van der Waals surface area contributed by atoms with E-state index in [-0.39, 0.29) is 11.9 Å². The van der Waals surface area contributed by atoms with Gasteiger partial charge in [-0.3, -0.25) is 9.69 Å². The summed E-state index contributed by atoms with van der Waals surface area (Å²) in [5, 5.41) is 17.3. The summed E-state index contributed by atoms with van der Waals surface area (Å²) in [5.41, 5.74) is 16.2. The zero-order valence-corrected chi connectivity index (χ0v) is 22.1. The van der Waals surface area contributed by atoms with E-state index < -0.39 is 12.3 Å². The van der Waals surface area contributed by atoms with Crippen LogP contribution in [0.4, 0.5) is 17.1 Å². The lowest BCUT2D eigenvalue weighted by molar-refractivity contribution is -0.128. The summed E-state index contributed by atoms with van der Waals surface area (Å²) >= 11 is 12.2. The van der Waals surface area contributed by atoms with Crippen LogP contribution < -0.4 is 26.8 Å².